The SMILES string of the molecule is Cc1ccc(CC(=O)NCC(C)(O)CC(C)C)cc1C. The number of hydrogen-bond acceptors (Lipinski definition) is 2. The minimum Gasteiger partial charge on any atom is -0.388 e. The van der Waals surface area contributed by atoms with Crippen molar-refractivity contribution in [3.05, 3.63) is 34.9 Å². The van der Waals surface area contributed by atoms with Crippen molar-refractivity contribution in [2.45, 2.75) is 53.1 Å². The lowest BCUT2D eigenvalue weighted by Gasteiger charge is -2.25. The molecule has 20 heavy (non-hydrogen) atoms. The molecule has 0 spiro atoms. The Hall–Kier alpha value is -1.35. The Bertz CT molecular complexity index is 464. The van der Waals surface area contributed by atoms with Gasteiger partial charge in [-0.1, -0.05) is 32.0 Å². The molecule has 0 aromatic heterocycles. The molecule has 1 rings (SSSR count). The summed E-state index contributed by atoms with van der Waals surface area (Å²) in [7, 11) is 0. The van der Waals surface area contributed by atoms with Crippen molar-refractivity contribution in [2.24, 2.45) is 5.92 Å². The zero-order valence-corrected chi connectivity index (χ0v) is 13.3. The smallest absolute Gasteiger partial charge is 0.224 e. The Kier molecular flexibility index (Phi) is 5.75. The van der Waals surface area contributed by atoms with E-state index >= 15 is 0 Å². The Morgan fingerprint density at radius 2 is 1.95 bits per heavy atom. The Labute approximate surface area is 122 Å². The molecule has 0 aliphatic carbocycles. The Balaban J connectivity index is 2.49. The van der Waals surface area contributed by atoms with Gasteiger partial charge >= 0.3 is 0 Å². The number of nitrogens with one attached hydrogen (secondary N) is 1. The first-order valence-corrected chi connectivity index (χ1v) is 7.25. The van der Waals surface area contributed by atoms with Gasteiger partial charge in [-0.25, -0.2) is 0 Å². The molecule has 1 amide bonds. The van der Waals surface area contributed by atoms with E-state index in [1.54, 1.807) is 6.92 Å². The van der Waals surface area contributed by atoms with Gasteiger partial charge in [0, 0.05) is 6.54 Å². The van der Waals surface area contributed by atoms with Crippen LogP contribution in [0.25, 0.3) is 0 Å². The quantitative estimate of drug-likeness (QED) is 0.840. The first-order chi connectivity index (χ1) is 9.19. The summed E-state index contributed by atoms with van der Waals surface area (Å²) in [5, 5.41) is 13.0. The van der Waals surface area contributed by atoms with Crippen molar-refractivity contribution in [3.8, 4) is 0 Å². The fourth-order valence-corrected chi connectivity index (χ4v) is 2.40. The molecule has 3 nitrogen and oxygen atoms in total. The zero-order chi connectivity index (χ0) is 15.3. The van der Waals surface area contributed by atoms with Crippen molar-refractivity contribution in [3.63, 3.8) is 0 Å². The van der Waals surface area contributed by atoms with Crippen LogP contribution in [-0.4, -0.2) is 23.2 Å². The summed E-state index contributed by atoms with van der Waals surface area (Å²) >= 11 is 0. The number of amides is 1. The molecular weight excluding hydrogens is 250 g/mol. The number of hydrogen-bond donors (Lipinski definition) is 2. The van der Waals surface area contributed by atoms with Crippen LogP contribution in [0.1, 0.15) is 43.9 Å². The van der Waals surface area contributed by atoms with Gasteiger partial charge in [0.15, 0.2) is 0 Å². The number of rotatable bonds is 6. The van der Waals surface area contributed by atoms with E-state index in [1.165, 1.54) is 11.1 Å². The van der Waals surface area contributed by atoms with E-state index < -0.39 is 5.60 Å². The van der Waals surface area contributed by atoms with E-state index in [0.29, 0.717) is 25.3 Å². The number of aliphatic hydroxyl groups is 1. The highest BCUT2D eigenvalue weighted by Crippen LogP contribution is 2.15. The number of carbonyl (C=O) groups excluding carboxylic acids is 1. The molecule has 1 aromatic carbocycles. The Morgan fingerprint density at radius 1 is 1.30 bits per heavy atom. The highest BCUT2D eigenvalue weighted by Gasteiger charge is 2.22. The van der Waals surface area contributed by atoms with Crippen molar-refractivity contribution in [1.29, 1.82) is 0 Å². The Morgan fingerprint density at radius 3 is 2.50 bits per heavy atom. The third kappa shape index (κ3) is 5.74. The molecule has 0 aliphatic heterocycles. The summed E-state index contributed by atoms with van der Waals surface area (Å²) in [5.41, 5.74) is 2.60. The van der Waals surface area contributed by atoms with Gasteiger partial charge in [0.1, 0.15) is 0 Å². The highest BCUT2D eigenvalue weighted by atomic mass is 16.3. The minimum absolute atomic E-state index is 0.0442. The maximum absolute atomic E-state index is 11.9. The van der Waals surface area contributed by atoms with Crippen LogP contribution in [0.4, 0.5) is 0 Å². The van der Waals surface area contributed by atoms with Crippen molar-refractivity contribution >= 4 is 5.91 Å². The summed E-state index contributed by atoms with van der Waals surface area (Å²) in [6.45, 7) is 10.3. The monoisotopic (exact) mass is 277 g/mol. The summed E-state index contributed by atoms with van der Waals surface area (Å²) in [4.78, 5) is 11.9. The fourth-order valence-electron chi connectivity index (χ4n) is 2.40. The van der Waals surface area contributed by atoms with E-state index in [9.17, 15) is 9.90 Å². The van der Waals surface area contributed by atoms with Crippen LogP contribution < -0.4 is 5.32 Å². The van der Waals surface area contributed by atoms with E-state index in [0.717, 1.165) is 5.56 Å². The van der Waals surface area contributed by atoms with Gasteiger partial charge in [0.2, 0.25) is 5.91 Å². The van der Waals surface area contributed by atoms with Crippen LogP contribution in [0.5, 0.6) is 0 Å². The lowest BCUT2D eigenvalue weighted by Crippen LogP contribution is -2.42. The van der Waals surface area contributed by atoms with E-state index in [-0.39, 0.29) is 5.91 Å². The van der Waals surface area contributed by atoms with Crippen LogP contribution in [-0.2, 0) is 11.2 Å². The van der Waals surface area contributed by atoms with Gasteiger partial charge < -0.3 is 10.4 Å². The van der Waals surface area contributed by atoms with E-state index in [1.807, 2.05) is 25.1 Å². The number of carbonyl (C=O) groups is 1. The second kappa shape index (κ2) is 6.89. The molecule has 1 unspecified atom stereocenters. The molecule has 0 aliphatic rings. The van der Waals surface area contributed by atoms with Crippen molar-refractivity contribution < 1.29 is 9.90 Å². The normalized spacial score (nSPS) is 14.2. The van der Waals surface area contributed by atoms with Gasteiger partial charge in [-0.3, -0.25) is 4.79 Å². The minimum atomic E-state index is -0.840. The third-order valence-corrected chi connectivity index (χ3v) is 3.45. The van der Waals surface area contributed by atoms with Crippen molar-refractivity contribution in [1.82, 2.24) is 5.32 Å². The van der Waals surface area contributed by atoms with Gasteiger partial charge in [0.05, 0.1) is 12.0 Å². The molecule has 0 radical (unpaired) electrons. The maximum atomic E-state index is 11.9. The molecule has 0 heterocycles. The molecular formula is C17H27NO2. The average Bonchev–Trinajstić information content (AvgIpc) is 2.30. The van der Waals surface area contributed by atoms with Crippen LogP contribution >= 0.6 is 0 Å². The summed E-state index contributed by atoms with van der Waals surface area (Å²) < 4.78 is 0. The zero-order valence-electron chi connectivity index (χ0n) is 13.3. The lowest BCUT2D eigenvalue weighted by atomic mass is 9.94. The number of aryl methyl sites for hydroxylation is 2. The summed E-state index contributed by atoms with van der Waals surface area (Å²) in [6, 6.07) is 6.06. The molecule has 0 saturated heterocycles. The predicted octanol–water partition coefficient (Wildman–Crippen LogP) is 2.76. The molecule has 0 fully saturated rings. The second-order valence-electron chi connectivity index (χ2n) is 6.47. The molecule has 0 saturated carbocycles. The molecule has 112 valence electrons. The first kappa shape index (κ1) is 16.7. The first-order valence-electron chi connectivity index (χ1n) is 7.25. The van der Waals surface area contributed by atoms with Crippen LogP contribution in [0.15, 0.2) is 18.2 Å². The van der Waals surface area contributed by atoms with Gasteiger partial charge in [-0.05, 0) is 49.8 Å². The molecule has 2 N–H and O–H groups in total. The standard InChI is InChI=1S/C17H27NO2/c1-12(2)10-17(5,20)11-18-16(19)9-15-7-6-13(3)14(4)8-15/h6-8,12,20H,9-11H2,1-5H3,(H,18,19). The predicted molar refractivity (Wildman–Crippen MR) is 82.7 cm³/mol. The molecule has 0 bridgehead atoms. The fraction of sp³-hybridized carbons (Fsp3) is 0.588. The van der Waals surface area contributed by atoms with Gasteiger partial charge in [-0.2, -0.15) is 0 Å². The average molecular weight is 277 g/mol. The van der Waals surface area contributed by atoms with E-state index in [4.69, 9.17) is 0 Å². The van der Waals surface area contributed by atoms with Gasteiger partial charge in [-0.15, -0.1) is 0 Å². The highest BCUT2D eigenvalue weighted by molar-refractivity contribution is 5.78. The third-order valence-electron chi connectivity index (χ3n) is 3.45. The van der Waals surface area contributed by atoms with Gasteiger partial charge in [0.25, 0.3) is 0 Å². The number of benzene rings is 1. The molecule has 1 atom stereocenters. The summed E-state index contributed by atoms with van der Waals surface area (Å²) in [6.07, 6.45) is 1.04. The van der Waals surface area contributed by atoms with Crippen LogP contribution in [0.3, 0.4) is 0 Å². The largest absolute Gasteiger partial charge is 0.388 e. The molecule has 3 heteroatoms. The topological polar surface area (TPSA) is 49.3 Å². The maximum Gasteiger partial charge on any atom is 0.224 e. The van der Waals surface area contributed by atoms with Crippen molar-refractivity contribution in [2.75, 3.05) is 6.54 Å². The molecule has 1 aromatic rings. The second-order valence-corrected chi connectivity index (χ2v) is 6.47. The summed E-state index contributed by atoms with van der Waals surface area (Å²) in [5.74, 6) is 0.360. The van der Waals surface area contributed by atoms with Crippen LogP contribution in [0, 0.1) is 19.8 Å². The van der Waals surface area contributed by atoms with Crippen LogP contribution in [0.2, 0.25) is 0 Å². The van der Waals surface area contributed by atoms with E-state index in [2.05, 4.69) is 26.1 Å². The lowest BCUT2D eigenvalue weighted by molar-refractivity contribution is -0.121.